The number of carbonyl (C=O) groups is 1. The minimum absolute atomic E-state index is 0.237. The van der Waals surface area contributed by atoms with Crippen molar-refractivity contribution in [2.24, 2.45) is 0 Å². The summed E-state index contributed by atoms with van der Waals surface area (Å²) < 4.78 is 10.5. The molecule has 0 bridgehead atoms. The highest BCUT2D eigenvalue weighted by Gasteiger charge is 2.14. The van der Waals surface area contributed by atoms with Crippen LogP contribution >= 0.6 is 0 Å². The van der Waals surface area contributed by atoms with Crippen LogP contribution < -0.4 is 20.1 Å². The van der Waals surface area contributed by atoms with Crippen LogP contribution in [-0.4, -0.2) is 35.1 Å². The SMILES string of the molecule is COc1ccc(OC)c(NC(=O)c2cc(C)nc(NCc3ccccn3)n2)c1. The highest BCUT2D eigenvalue weighted by atomic mass is 16.5. The number of benzene rings is 1. The van der Waals surface area contributed by atoms with E-state index in [1.54, 1.807) is 44.5 Å². The molecule has 0 radical (unpaired) electrons. The number of anilines is 2. The van der Waals surface area contributed by atoms with Crippen molar-refractivity contribution < 1.29 is 14.3 Å². The van der Waals surface area contributed by atoms with E-state index in [2.05, 4.69) is 25.6 Å². The third-order valence-corrected chi connectivity index (χ3v) is 3.90. The van der Waals surface area contributed by atoms with Crippen LogP contribution in [0.25, 0.3) is 0 Å². The molecule has 8 heteroatoms. The summed E-state index contributed by atoms with van der Waals surface area (Å²) in [6.07, 6.45) is 1.72. The second-order valence-corrected chi connectivity index (χ2v) is 5.91. The van der Waals surface area contributed by atoms with E-state index in [0.717, 1.165) is 5.69 Å². The van der Waals surface area contributed by atoms with Gasteiger partial charge in [-0.1, -0.05) is 6.07 Å². The van der Waals surface area contributed by atoms with E-state index in [1.807, 2.05) is 18.2 Å². The molecule has 8 nitrogen and oxygen atoms in total. The van der Waals surface area contributed by atoms with E-state index in [4.69, 9.17) is 9.47 Å². The molecule has 2 heterocycles. The number of carbonyl (C=O) groups excluding carboxylic acids is 1. The van der Waals surface area contributed by atoms with Gasteiger partial charge in [0, 0.05) is 18.0 Å². The molecule has 0 spiro atoms. The number of aromatic nitrogens is 3. The maximum Gasteiger partial charge on any atom is 0.274 e. The van der Waals surface area contributed by atoms with Crippen molar-refractivity contribution >= 4 is 17.5 Å². The van der Waals surface area contributed by atoms with Crippen LogP contribution in [0, 0.1) is 6.92 Å². The Bertz CT molecular complexity index is 963. The predicted molar refractivity (Wildman–Crippen MR) is 106 cm³/mol. The number of rotatable bonds is 7. The molecule has 2 aromatic heterocycles. The summed E-state index contributed by atoms with van der Waals surface area (Å²) in [6.45, 7) is 2.26. The first-order chi connectivity index (χ1) is 13.6. The second kappa shape index (κ2) is 8.81. The molecule has 0 fully saturated rings. The van der Waals surface area contributed by atoms with E-state index in [1.165, 1.54) is 7.11 Å². The summed E-state index contributed by atoms with van der Waals surface area (Å²) in [4.78, 5) is 25.6. The number of aryl methyl sites for hydroxylation is 1. The fourth-order valence-corrected chi connectivity index (χ4v) is 2.53. The van der Waals surface area contributed by atoms with E-state index in [9.17, 15) is 4.79 Å². The van der Waals surface area contributed by atoms with Gasteiger partial charge in [0.05, 0.1) is 32.1 Å². The molecule has 0 aliphatic rings. The smallest absolute Gasteiger partial charge is 0.274 e. The topological polar surface area (TPSA) is 98.3 Å². The van der Waals surface area contributed by atoms with Gasteiger partial charge in [0.25, 0.3) is 5.91 Å². The van der Waals surface area contributed by atoms with Gasteiger partial charge in [0.15, 0.2) is 0 Å². The molecule has 2 N–H and O–H groups in total. The van der Waals surface area contributed by atoms with Gasteiger partial charge in [-0.3, -0.25) is 9.78 Å². The minimum Gasteiger partial charge on any atom is -0.497 e. The van der Waals surface area contributed by atoms with Crippen molar-refractivity contribution in [3.05, 3.63) is 65.7 Å². The van der Waals surface area contributed by atoms with Crippen LogP contribution in [0.3, 0.4) is 0 Å². The Kier molecular flexibility index (Phi) is 6.01. The Labute approximate surface area is 163 Å². The summed E-state index contributed by atoms with van der Waals surface area (Å²) in [5.41, 5.74) is 2.24. The van der Waals surface area contributed by atoms with Gasteiger partial charge in [-0.25, -0.2) is 9.97 Å². The van der Waals surface area contributed by atoms with Crippen molar-refractivity contribution in [2.45, 2.75) is 13.5 Å². The number of nitrogens with one attached hydrogen (secondary N) is 2. The lowest BCUT2D eigenvalue weighted by molar-refractivity contribution is 0.102. The largest absolute Gasteiger partial charge is 0.497 e. The lowest BCUT2D eigenvalue weighted by Gasteiger charge is -2.12. The summed E-state index contributed by atoms with van der Waals surface area (Å²) in [6, 6.07) is 12.4. The van der Waals surface area contributed by atoms with Crippen molar-refractivity contribution in [2.75, 3.05) is 24.9 Å². The molecule has 0 saturated heterocycles. The van der Waals surface area contributed by atoms with Gasteiger partial charge in [0.1, 0.15) is 17.2 Å². The lowest BCUT2D eigenvalue weighted by Crippen LogP contribution is -2.16. The Morgan fingerprint density at radius 1 is 1.07 bits per heavy atom. The first-order valence-electron chi connectivity index (χ1n) is 8.62. The van der Waals surface area contributed by atoms with E-state index in [-0.39, 0.29) is 11.6 Å². The molecule has 28 heavy (non-hydrogen) atoms. The third kappa shape index (κ3) is 4.73. The quantitative estimate of drug-likeness (QED) is 0.651. The standard InChI is InChI=1S/C20H21N5O3/c1-13-10-17(25-20(23-13)22-12-14-6-4-5-9-21-14)19(26)24-16-11-15(27-2)7-8-18(16)28-3/h4-11H,12H2,1-3H3,(H,24,26)(H,22,23,25). The summed E-state index contributed by atoms with van der Waals surface area (Å²) in [5.74, 6) is 1.10. The third-order valence-electron chi connectivity index (χ3n) is 3.90. The van der Waals surface area contributed by atoms with Gasteiger partial charge in [-0.05, 0) is 37.3 Å². The molecule has 0 unspecified atom stereocenters. The number of amides is 1. The Hall–Kier alpha value is -3.68. The molecule has 0 aliphatic heterocycles. The lowest BCUT2D eigenvalue weighted by atomic mass is 10.2. The fraction of sp³-hybridized carbons (Fsp3) is 0.200. The highest BCUT2D eigenvalue weighted by Crippen LogP contribution is 2.29. The average molecular weight is 379 g/mol. The Balaban J connectivity index is 1.77. The second-order valence-electron chi connectivity index (χ2n) is 5.91. The van der Waals surface area contributed by atoms with Crippen molar-refractivity contribution in [3.8, 4) is 11.5 Å². The molecular weight excluding hydrogens is 358 g/mol. The molecule has 1 aromatic carbocycles. The Morgan fingerprint density at radius 2 is 1.93 bits per heavy atom. The van der Waals surface area contributed by atoms with E-state index in [0.29, 0.717) is 35.4 Å². The van der Waals surface area contributed by atoms with Crippen LogP contribution in [0.1, 0.15) is 21.9 Å². The van der Waals surface area contributed by atoms with Crippen molar-refractivity contribution in [1.82, 2.24) is 15.0 Å². The summed E-state index contributed by atoms with van der Waals surface area (Å²) in [7, 11) is 3.09. The maximum atomic E-state index is 12.7. The van der Waals surface area contributed by atoms with Crippen LogP contribution in [0.15, 0.2) is 48.7 Å². The molecule has 1 amide bonds. The monoisotopic (exact) mass is 379 g/mol. The molecular formula is C20H21N5O3. The van der Waals surface area contributed by atoms with Crippen LogP contribution in [0.4, 0.5) is 11.6 Å². The molecule has 3 rings (SSSR count). The number of hydrogen-bond donors (Lipinski definition) is 2. The van der Waals surface area contributed by atoms with Crippen LogP contribution in [0.2, 0.25) is 0 Å². The number of hydrogen-bond acceptors (Lipinski definition) is 7. The summed E-state index contributed by atoms with van der Waals surface area (Å²) in [5, 5.41) is 5.90. The average Bonchev–Trinajstić information content (AvgIpc) is 2.72. The minimum atomic E-state index is -0.377. The van der Waals surface area contributed by atoms with E-state index < -0.39 is 0 Å². The summed E-state index contributed by atoms with van der Waals surface area (Å²) >= 11 is 0. The Morgan fingerprint density at radius 3 is 2.64 bits per heavy atom. The first-order valence-corrected chi connectivity index (χ1v) is 8.62. The molecule has 3 aromatic rings. The molecule has 0 saturated carbocycles. The molecule has 0 atom stereocenters. The maximum absolute atomic E-state index is 12.7. The number of pyridine rings is 1. The fourth-order valence-electron chi connectivity index (χ4n) is 2.53. The van der Waals surface area contributed by atoms with E-state index >= 15 is 0 Å². The number of methoxy groups -OCH3 is 2. The zero-order valence-electron chi connectivity index (χ0n) is 15.9. The van der Waals surface area contributed by atoms with Gasteiger partial charge in [0.2, 0.25) is 5.95 Å². The first kappa shape index (κ1) is 19.1. The number of nitrogens with zero attached hydrogens (tertiary/aromatic N) is 3. The van der Waals surface area contributed by atoms with Crippen LogP contribution in [0.5, 0.6) is 11.5 Å². The zero-order valence-corrected chi connectivity index (χ0v) is 15.9. The number of ether oxygens (including phenoxy) is 2. The van der Waals surface area contributed by atoms with Gasteiger partial charge in [-0.15, -0.1) is 0 Å². The van der Waals surface area contributed by atoms with Crippen LogP contribution in [-0.2, 0) is 6.54 Å². The van der Waals surface area contributed by atoms with Gasteiger partial charge < -0.3 is 20.1 Å². The molecule has 144 valence electrons. The predicted octanol–water partition coefficient (Wildman–Crippen LogP) is 3.06. The highest BCUT2D eigenvalue weighted by molar-refractivity contribution is 6.04. The van der Waals surface area contributed by atoms with Crippen molar-refractivity contribution in [1.29, 1.82) is 0 Å². The van der Waals surface area contributed by atoms with Gasteiger partial charge >= 0.3 is 0 Å². The molecule has 0 aliphatic carbocycles. The normalized spacial score (nSPS) is 10.2. The van der Waals surface area contributed by atoms with Crippen molar-refractivity contribution in [3.63, 3.8) is 0 Å². The van der Waals surface area contributed by atoms with Gasteiger partial charge in [-0.2, -0.15) is 0 Å². The zero-order chi connectivity index (χ0) is 19.9.